The fraction of sp³-hybridized carbons (Fsp3) is 0.400. The van der Waals surface area contributed by atoms with E-state index in [4.69, 9.17) is 5.11 Å². The quantitative estimate of drug-likeness (QED) is 0.780. The van der Waals surface area contributed by atoms with E-state index in [-0.39, 0.29) is 5.69 Å². The van der Waals surface area contributed by atoms with Crippen LogP contribution in [0.4, 0.5) is 0 Å². The lowest BCUT2D eigenvalue weighted by molar-refractivity contribution is 0.0686. The Morgan fingerprint density at radius 1 is 1.57 bits per heavy atom. The van der Waals surface area contributed by atoms with Crippen LogP contribution < -0.4 is 0 Å². The second-order valence-electron chi connectivity index (χ2n) is 3.00. The Hall–Kier alpha value is -1.03. The molecule has 1 heterocycles. The molecular weight excluding hydrogens is 198 g/mol. The lowest BCUT2D eigenvalue weighted by Gasteiger charge is -2.08. The van der Waals surface area contributed by atoms with Gasteiger partial charge in [-0.2, -0.15) is 0 Å². The molecule has 1 rings (SSSR count). The molecule has 3 nitrogen and oxygen atoms in total. The molecule has 76 valence electrons. The summed E-state index contributed by atoms with van der Waals surface area (Å²) in [6.45, 7) is 5.72. The predicted molar refractivity (Wildman–Crippen MR) is 57.1 cm³/mol. The first-order chi connectivity index (χ1) is 6.56. The van der Waals surface area contributed by atoms with Gasteiger partial charge in [0.1, 0.15) is 0 Å². The molecule has 0 saturated heterocycles. The number of hydrogen-bond acceptors (Lipinski definition) is 3. The zero-order chi connectivity index (χ0) is 10.7. The summed E-state index contributed by atoms with van der Waals surface area (Å²) in [4.78, 5) is 15.7. The molecule has 0 aliphatic heterocycles. The van der Waals surface area contributed by atoms with Crippen molar-refractivity contribution in [3.8, 4) is 0 Å². The van der Waals surface area contributed by atoms with Gasteiger partial charge in [0.05, 0.1) is 0 Å². The topological polar surface area (TPSA) is 50.2 Å². The highest BCUT2D eigenvalue weighted by molar-refractivity contribution is 7.99. The van der Waals surface area contributed by atoms with Gasteiger partial charge in [0.2, 0.25) is 0 Å². The maximum absolute atomic E-state index is 10.9. The first kappa shape index (κ1) is 11.0. The van der Waals surface area contributed by atoms with Crippen LogP contribution in [-0.4, -0.2) is 21.8 Å². The number of nitrogens with zero attached hydrogens (tertiary/aromatic N) is 1. The summed E-state index contributed by atoms with van der Waals surface area (Å²) >= 11 is 1.52. The van der Waals surface area contributed by atoms with E-state index in [2.05, 4.69) is 4.98 Å². The number of aryl methyl sites for hydroxylation is 2. The van der Waals surface area contributed by atoms with E-state index < -0.39 is 5.97 Å². The molecule has 0 aliphatic carbocycles. The number of rotatable bonds is 3. The summed E-state index contributed by atoms with van der Waals surface area (Å²) in [6.07, 6.45) is 0. The summed E-state index contributed by atoms with van der Waals surface area (Å²) in [7, 11) is 0. The standard InChI is InChI=1S/C10H13NO2S/c1-4-14-9-6(2)5-7(3)11-8(9)10(12)13/h5H,4H2,1-3H3,(H,12,13). The number of aromatic nitrogens is 1. The minimum atomic E-state index is -0.951. The van der Waals surface area contributed by atoms with E-state index in [9.17, 15) is 4.79 Å². The maximum atomic E-state index is 10.9. The lowest BCUT2D eigenvalue weighted by atomic mass is 10.2. The zero-order valence-corrected chi connectivity index (χ0v) is 9.31. The van der Waals surface area contributed by atoms with Gasteiger partial charge in [0.15, 0.2) is 5.69 Å². The summed E-state index contributed by atoms with van der Waals surface area (Å²) in [6, 6.07) is 1.91. The average molecular weight is 211 g/mol. The fourth-order valence-corrected chi connectivity index (χ4v) is 2.14. The van der Waals surface area contributed by atoms with Crippen LogP contribution in [0.25, 0.3) is 0 Å². The highest BCUT2D eigenvalue weighted by Gasteiger charge is 2.14. The first-order valence-corrected chi connectivity index (χ1v) is 5.39. The SMILES string of the molecule is CCSc1c(C)cc(C)nc1C(=O)O. The summed E-state index contributed by atoms with van der Waals surface area (Å²) in [5.74, 6) is -0.0981. The molecule has 0 aliphatic rings. The number of pyridine rings is 1. The van der Waals surface area contributed by atoms with Crippen LogP contribution in [0.3, 0.4) is 0 Å². The van der Waals surface area contributed by atoms with Crippen molar-refractivity contribution in [3.63, 3.8) is 0 Å². The number of carboxylic acid groups (broad SMARTS) is 1. The molecule has 0 fully saturated rings. The molecule has 0 saturated carbocycles. The lowest BCUT2D eigenvalue weighted by Crippen LogP contribution is -2.05. The third-order valence-corrected chi connectivity index (χ3v) is 2.87. The van der Waals surface area contributed by atoms with E-state index in [0.717, 1.165) is 21.9 Å². The molecule has 14 heavy (non-hydrogen) atoms. The van der Waals surface area contributed by atoms with Gasteiger partial charge in [-0.05, 0) is 31.2 Å². The third-order valence-electron chi connectivity index (χ3n) is 1.78. The Morgan fingerprint density at radius 2 is 2.21 bits per heavy atom. The largest absolute Gasteiger partial charge is 0.476 e. The molecule has 0 amide bonds. The summed E-state index contributed by atoms with van der Waals surface area (Å²) in [5, 5.41) is 8.97. The molecule has 0 unspecified atom stereocenters. The zero-order valence-electron chi connectivity index (χ0n) is 8.50. The van der Waals surface area contributed by atoms with Crippen molar-refractivity contribution in [2.75, 3.05) is 5.75 Å². The van der Waals surface area contributed by atoms with E-state index >= 15 is 0 Å². The molecule has 1 N–H and O–H groups in total. The Labute approximate surface area is 87.6 Å². The van der Waals surface area contributed by atoms with Gasteiger partial charge >= 0.3 is 5.97 Å². The van der Waals surface area contributed by atoms with Crippen LogP contribution in [0.15, 0.2) is 11.0 Å². The van der Waals surface area contributed by atoms with Crippen molar-refractivity contribution >= 4 is 17.7 Å². The molecule has 1 aromatic rings. The van der Waals surface area contributed by atoms with E-state index in [1.54, 1.807) is 6.92 Å². The first-order valence-electron chi connectivity index (χ1n) is 4.40. The predicted octanol–water partition coefficient (Wildman–Crippen LogP) is 2.51. The molecular formula is C10H13NO2S. The number of carbonyl (C=O) groups is 1. The number of thioether (sulfide) groups is 1. The smallest absolute Gasteiger partial charge is 0.355 e. The van der Waals surface area contributed by atoms with E-state index in [1.807, 2.05) is 19.9 Å². The van der Waals surface area contributed by atoms with Crippen molar-refractivity contribution < 1.29 is 9.90 Å². The van der Waals surface area contributed by atoms with Crippen molar-refractivity contribution in [2.45, 2.75) is 25.7 Å². The summed E-state index contributed by atoms with van der Waals surface area (Å²) < 4.78 is 0. The Morgan fingerprint density at radius 3 is 2.71 bits per heavy atom. The van der Waals surface area contributed by atoms with Crippen LogP contribution in [-0.2, 0) is 0 Å². The highest BCUT2D eigenvalue weighted by Crippen LogP contribution is 2.25. The molecule has 0 bridgehead atoms. The third kappa shape index (κ3) is 2.26. The Kier molecular flexibility index (Phi) is 3.52. The van der Waals surface area contributed by atoms with Crippen molar-refractivity contribution in [1.82, 2.24) is 4.98 Å². The number of hydrogen-bond donors (Lipinski definition) is 1. The molecule has 0 atom stereocenters. The van der Waals surface area contributed by atoms with Crippen molar-refractivity contribution in [2.24, 2.45) is 0 Å². The molecule has 1 aromatic heterocycles. The Balaban J connectivity index is 3.28. The van der Waals surface area contributed by atoms with Gasteiger partial charge < -0.3 is 5.11 Å². The van der Waals surface area contributed by atoms with Crippen LogP contribution in [0, 0.1) is 13.8 Å². The Bertz CT molecular complexity index is 363. The minimum Gasteiger partial charge on any atom is -0.476 e. The van der Waals surface area contributed by atoms with Crippen molar-refractivity contribution in [1.29, 1.82) is 0 Å². The van der Waals surface area contributed by atoms with E-state index in [1.165, 1.54) is 11.8 Å². The van der Waals surface area contributed by atoms with Gasteiger partial charge in [0, 0.05) is 10.6 Å². The highest BCUT2D eigenvalue weighted by atomic mass is 32.2. The molecule has 0 radical (unpaired) electrons. The minimum absolute atomic E-state index is 0.175. The van der Waals surface area contributed by atoms with Crippen LogP contribution in [0.5, 0.6) is 0 Å². The number of carboxylic acids is 1. The molecule has 0 aromatic carbocycles. The average Bonchev–Trinajstić information content (AvgIpc) is 2.09. The van der Waals surface area contributed by atoms with Gasteiger partial charge in [-0.25, -0.2) is 9.78 Å². The van der Waals surface area contributed by atoms with Crippen LogP contribution in [0.1, 0.15) is 28.7 Å². The van der Waals surface area contributed by atoms with Crippen LogP contribution in [0.2, 0.25) is 0 Å². The molecule has 0 spiro atoms. The van der Waals surface area contributed by atoms with Crippen molar-refractivity contribution in [3.05, 3.63) is 23.0 Å². The second kappa shape index (κ2) is 4.46. The second-order valence-corrected chi connectivity index (χ2v) is 4.27. The fourth-order valence-electron chi connectivity index (χ4n) is 1.30. The maximum Gasteiger partial charge on any atom is 0.355 e. The van der Waals surface area contributed by atoms with Gasteiger partial charge in [-0.1, -0.05) is 6.92 Å². The van der Waals surface area contributed by atoms with Gasteiger partial charge in [0.25, 0.3) is 0 Å². The molecule has 4 heteroatoms. The number of aromatic carboxylic acids is 1. The summed E-state index contributed by atoms with van der Waals surface area (Å²) in [5.41, 5.74) is 1.91. The van der Waals surface area contributed by atoms with Gasteiger partial charge in [-0.15, -0.1) is 11.8 Å². The van der Waals surface area contributed by atoms with Crippen LogP contribution >= 0.6 is 11.8 Å². The van der Waals surface area contributed by atoms with E-state index in [0.29, 0.717) is 0 Å². The van der Waals surface area contributed by atoms with Gasteiger partial charge in [-0.3, -0.25) is 0 Å². The monoisotopic (exact) mass is 211 g/mol. The normalized spacial score (nSPS) is 10.2.